The molecule has 98 valence electrons. The van der Waals surface area contributed by atoms with Crippen LogP contribution in [-0.4, -0.2) is 18.1 Å². The summed E-state index contributed by atoms with van der Waals surface area (Å²) in [4.78, 5) is 2.42. The minimum atomic E-state index is 0.727. The Labute approximate surface area is 122 Å². The van der Waals surface area contributed by atoms with Crippen LogP contribution < -0.4 is 4.74 Å². The Balaban J connectivity index is 1.50. The molecule has 0 unspecified atom stereocenters. The van der Waals surface area contributed by atoms with Crippen molar-refractivity contribution < 1.29 is 4.74 Å². The van der Waals surface area contributed by atoms with Crippen LogP contribution in [0.4, 0.5) is 0 Å². The molecular formula is C16H16BrNO. The average molecular weight is 318 g/mol. The van der Waals surface area contributed by atoms with E-state index in [4.69, 9.17) is 4.74 Å². The molecule has 0 saturated heterocycles. The molecule has 0 N–H and O–H groups in total. The van der Waals surface area contributed by atoms with E-state index in [1.54, 1.807) is 0 Å². The van der Waals surface area contributed by atoms with Crippen molar-refractivity contribution in [2.45, 2.75) is 13.1 Å². The highest BCUT2D eigenvalue weighted by Gasteiger charge is 2.17. The normalized spacial score (nSPS) is 14.4. The van der Waals surface area contributed by atoms with Crippen molar-refractivity contribution in [3.05, 3.63) is 64.1 Å². The number of halogens is 1. The summed E-state index contributed by atoms with van der Waals surface area (Å²) in [5, 5.41) is 0. The lowest BCUT2D eigenvalue weighted by atomic mass is 10.1. The van der Waals surface area contributed by atoms with Gasteiger partial charge in [-0.2, -0.15) is 0 Å². The van der Waals surface area contributed by atoms with Gasteiger partial charge in [-0.05, 0) is 29.3 Å². The third-order valence-electron chi connectivity index (χ3n) is 3.38. The van der Waals surface area contributed by atoms with Crippen molar-refractivity contribution in [2.75, 3.05) is 13.2 Å². The van der Waals surface area contributed by atoms with Crippen molar-refractivity contribution in [1.29, 1.82) is 0 Å². The molecule has 19 heavy (non-hydrogen) atoms. The van der Waals surface area contributed by atoms with Gasteiger partial charge in [-0.3, -0.25) is 4.90 Å². The molecule has 0 radical (unpaired) electrons. The quantitative estimate of drug-likeness (QED) is 0.849. The molecule has 0 amide bonds. The molecule has 0 fully saturated rings. The van der Waals surface area contributed by atoms with Crippen LogP contribution in [0.15, 0.2) is 53.0 Å². The Morgan fingerprint density at radius 1 is 1.00 bits per heavy atom. The first kappa shape index (κ1) is 12.7. The minimum Gasteiger partial charge on any atom is -0.492 e. The van der Waals surface area contributed by atoms with E-state index in [-0.39, 0.29) is 0 Å². The van der Waals surface area contributed by atoms with Crippen molar-refractivity contribution in [1.82, 2.24) is 4.90 Å². The number of hydrogen-bond donors (Lipinski definition) is 0. The minimum absolute atomic E-state index is 0.727. The van der Waals surface area contributed by atoms with Crippen LogP contribution in [0.3, 0.4) is 0 Å². The monoisotopic (exact) mass is 317 g/mol. The maximum Gasteiger partial charge on any atom is 0.120 e. The van der Waals surface area contributed by atoms with Crippen LogP contribution >= 0.6 is 15.9 Å². The van der Waals surface area contributed by atoms with Crippen molar-refractivity contribution >= 4 is 15.9 Å². The van der Waals surface area contributed by atoms with Gasteiger partial charge in [0.25, 0.3) is 0 Å². The Kier molecular flexibility index (Phi) is 3.85. The molecule has 3 heteroatoms. The van der Waals surface area contributed by atoms with E-state index < -0.39 is 0 Å². The summed E-state index contributed by atoms with van der Waals surface area (Å²) in [7, 11) is 0. The molecule has 3 rings (SSSR count). The first-order chi connectivity index (χ1) is 9.31. The number of ether oxygens (including phenoxy) is 1. The zero-order chi connectivity index (χ0) is 13.1. The van der Waals surface area contributed by atoms with E-state index in [1.807, 2.05) is 24.3 Å². The predicted molar refractivity (Wildman–Crippen MR) is 80.2 cm³/mol. The number of rotatable bonds is 4. The number of fused-ring (bicyclic) bond motifs is 1. The van der Waals surface area contributed by atoms with Crippen molar-refractivity contribution in [3.8, 4) is 5.75 Å². The second-order valence-corrected chi connectivity index (χ2v) is 5.70. The summed E-state index contributed by atoms with van der Waals surface area (Å²) < 4.78 is 6.83. The molecule has 0 aliphatic carbocycles. The lowest BCUT2D eigenvalue weighted by molar-refractivity contribution is 0.211. The van der Waals surface area contributed by atoms with Gasteiger partial charge in [0.1, 0.15) is 12.4 Å². The van der Waals surface area contributed by atoms with E-state index >= 15 is 0 Å². The van der Waals surface area contributed by atoms with Gasteiger partial charge in [-0.25, -0.2) is 0 Å². The van der Waals surface area contributed by atoms with Crippen molar-refractivity contribution in [2.24, 2.45) is 0 Å². The molecule has 1 aliphatic heterocycles. The van der Waals surface area contributed by atoms with Crippen LogP contribution in [0.5, 0.6) is 5.75 Å². The lowest BCUT2D eigenvalue weighted by Gasteiger charge is -2.15. The predicted octanol–water partition coefficient (Wildman–Crippen LogP) is 3.84. The Morgan fingerprint density at radius 2 is 1.74 bits per heavy atom. The largest absolute Gasteiger partial charge is 0.492 e. The lowest BCUT2D eigenvalue weighted by Crippen LogP contribution is -2.22. The maximum absolute atomic E-state index is 5.78. The van der Waals surface area contributed by atoms with Crippen LogP contribution in [0, 0.1) is 0 Å². The number of nitrogens with zero attached hydrogens (tertiary/aromatic N) is 1. The molecule has 1 heterocycles. The molecular weight excluding hydrogens is 302 g/mol. The highest BCUT2D eigenvalue weighted by atomic mass is 79.9. The topological polar surface area (TPSA) is 12.5 Å². The molecule has 0 bridgehead atoms. The third kappa shape index (κ3) is 3.17. The first-order valence-corrected chi connectivity index (χ1v) is 7.28. The zero-order valence-electron chi connectivity index (χ0n) is 10.7. The summed E-state index contributed by atoms with van der Waals surface area (Å²) in [6, 6.07) is 16.6. The molecule has 0 atom stereocenters. The fourth-order valence-electron chi connectivity index (χ4n) is 2.41. The van der Waals surface area contributed by atoms with E-state index in [9.17, 15) is 0 Å². The van der Waals surface area contributed by atoms with Gasteiger partial charge in [-0.1, -0.05) is 46.3 Å². The van der Waals surface area contributed by atoms with Gasteiger partial charge in [0.15, 0.2) is 0 Å². The fourth-order valence-corrected chi connectivity index (χ4v) is 2.79. The molecule has 0 aromatic heterocycles. The Bertz CT molecular complexity index is 545. The molecule has 2 aromatic rings. The van der Waals surface area contributed by atoms with Crippen LogP contribution in [0.2, 0.25) is 0 Å². The van der Waals surface area contributed by atoms with Gasteiger partial charge in [0, 0.05) is 24.1 Å². The molecule has 1 aliphatic rings. The Morgan fingerprint density at radius 3 is 2.42 bits per heavy atom. The summed E-state index contributed by atoms with van der Waals surface area (Å²) in [6.45, 7) is 3.77. The van der Waals surface area contributed by atoms with Crippen LogP contribution in [0.1, 0.15) is 11.1 Å². The SMILES string of the molecule is Brc1cccc(OCCN2Cc3ccccc3C2)c1. The first-order valence-electron chi connectivity index (χ1n) is 6.49. The van der Waals surface area contributed by atoms with Gasteiger partial charge in [0.05, 0.1) is 0 Å². The van der Waals surface area contributed by atoms with E-state index in [2.05, 4.69) is 45.1 Å². The maximum atomic E-state index is 5.78. The van der Waals surface area contributed by atoms with Gasteiger partial charge in [-0.15, -0.1) is 0 Å². The van der Waals surface area contributed by atoms with Crippen LogP contribution in [0.25, 0.3) is 0 Å². The van der Waals surface area contributed by atoms with E-state index in [0.717, 1.165) is 36.5 Å². The Hall–Kier alpha value is -1.32. The zero-order valence-corrected chi connectivity index (χ0v) is 12.3. The number of benzene rings is 2. The fraction of sp³-hybridized carbons (Fsp3) is 0.250. The summed E-state index contributed by atoms with van der Waals surface area (Å²) in [5.41, 5.74) is 2.90. The molecule has 0 saturated carbocycles. The van der Waals surface area contributed by atoms with E-state index in [0.29, 0.717) is 0 Å². The van der Waals surface area contributed by atoms with Gasteiger partial charge < -0.3 is 4.74 Å². The molecule has 2 nitrogen and oxygen atoms in total. The highest BCUT2D eigenvalue weighted by molar-refractivity contribution is 9.10. The van der Waals surface area contributed by atoms with Gasteiger partial charge >= 0.3 is 0 Å². The van der Waals surface area contributed by atoms with Gasteiger partial charge in [0.2, 0.25) is 0 Å². The summed E-state index contributed by atoms with van der Waals surface area (Å²) in [6.07, 6.45) is 0. The smallest absolute Gasteiger partial charge is 0.120 e. The van der Waals surface area contributed by atoms with Crippen molar-refractivity contribution in [3.63, 3.8) is 0 Å². The summed E-state index contributed by atoms with van der Waals surface area (Å²) in [5.74, 6) is 0.922. The second kappa shape index (κ2) is 5.76. The second-order valence-electron chi connectivity index (χ2n) is 4.79. The standard InChI is InChI=1S/C16H16BrNO/c17-15-6-3-7-16(10-15)19-9-8-18-11-13-4-1-2-5-14(13)12-18/h1-7,10H,8-9,11-12H2. The molecule has 0 spiro atoms. The summed E-state index contributed by atoms with van der Waals surface area (Å²) >= 11 is 3.45. The van der Waals surface area contributed by atoms with E-state index in [1.165, 1.54) is 11.1 Å². The highest BCUT2D eigenvalue weighted by Crippen LogP contribution is 2.22. The average Bonchev–Trinajstić information content (AvgIpc) is 2.81. The third-order valence-corrected chi connectivity index (χ3v) is 3.87. The van der Waals surface area contributed by atoms with Crippen LogP contribution in [-0.2, 0) is 13.1 Å². The molecule has 2 aromatic carbocycles. The number of hydrogen-bond acceptors (Lipinski definition) is 2.